The van der Waals surface area contributed by atoms with Crippen molar-refractivity contribution in [3.05, 3.63) is 45.7 Å². The van der Waals surface area contributed by atoms with E-state index in [1.807, 2.05) is 5.32 Å². The molecule has 222 valence electrons. The van der Waals surface area contributed by atoms with Crippen molar-refractivity contribution in [2.24, 2.45) is 13.0 Å². The molecule has 0 radical (unpaired) electrons. The highest BCUT2D eigenvalue weighted by Gasteiger charge is 2.64. The number of rotatable bonds is 5. The van der Waals surface area contributed by atoms with Crippen LogP contribution < -0.4 is 10.6 Å². The van der Waals surface area contributed by atoms with E-state index in [-0.39, 0.29) is 41.0 Å². The number of hydrogen-bond acceptors (Lipinski definition) is 3. The molecule has 3 rings (SSSR count). The lowest BCUT2D eigenvalue weighted by atomic mass is 9.85. The Morgan fingerprint density at radius 2 is 1.50 bits per heavy atom. The van der Waals surface area contributed by atoms with Gasteiger partial charge in [-0.05, 0) is 43.9 Å². The van der Waals surface area contributed by atoms with E-state index in [1.165, 1.54) is 0 Å². The zero-order valence-corrected chi connectivity index (χ0v) is 20.7. The Hall–Kier alpha value is -3.11. The lowest BCUT2D eigenvalue weighted by molar-refractivity contribution is -0.292. The van der Waals surface area contributed by atoms with Crippen LogP contribution in [0.25, 0.3) is 0 Å². The number of anilines is 1. The molecule has 18 heteroatoms. The number of aryl methyl sites for hydroxylation is 1. The summed E-state index contributed by atoms with van der Waals surface area (Å²) in [5, 5.41) is 6.76. The number of halogens is 12. The van der Waals surface area contributed by atoms with Gasteiger partial charge in [0.2, 0.25) is 0 Å². The molecule has 2 aromatic rings. The van der Waals surface area contributed by atoms with Crippen LogP contribution in [0.3, 0.4) is 0 Å². The summed E-state index contributed by atoms with van der Waals surface area (Å²) in [6.45, 7) is 0. The molecule has 1 aliphatic rings. The fourth-order valence-electron chi connectivity index (χ4n) is 4.20. The first-order valence-corrected chi connectivity index (χ1v) is 11.6. The molecule has 40 heavy (non-hydrogen) atoms. The largest absolute Gasteiger partial charge is 0.459 e. The fraction of sp³-hybridized carbons (Fsp3) is 0.500. The Bertz CT molecular complexity index is 1280. The second kappa shape index (κ2) is 10.7. The summed E-state index contributed by atoms with van der Waals surface area (Å²) >= 11 is 5.98. The monoisotopic (exact) mass is 614 g/mol. The van der Waals surface area contributed by atoms with Gasteiger partial charge in [0.25, 0.3) is 11.8 Å². The average Bonchev–Trinajstić information content (AvgIpc) is 3.18. The van der Waals surface area contributed by atoms with Crippen LogP contribution in [0, 0.1) is 5.92 Å². The number of nitrogens with zero attached hydrogens (tertiary/aromatic N) is 2. The molecule has 6 nitrogen and oxygen atoms in total. The highest BCUT2D eigenvalue weighted by molar-refractivity contribution is 6.34. The summed E-state index contributed by atoms with van der Waals surface area (Å²) in [7, 11) is 0.550. The number of hydrogen-bond donors (Lipinski definition) is 2. The molecular formula is C22H18ClF11N4O2. The Morgan fingerprint density at radius 3 is 2.00 bits per heavy atom. The number of amides is 2. The minimum absolute atomic E-state index is 0.00440. The van der Waals surface area contributed by atoms with Crippen LogP contribution in [0.4, 0.5) is 54.0 Å². The minimum atomic E-state index is -6.46. The molecule has 0 aliphatic heterocycles. The summed E-state index contributed by atoms with van der Waals surface area (Å²) in [6.07, 6.45) is -17.2. The molecule has 1 heterocycles. The number of carbonyl (C=O) groups excluding carboxylic acids is 2. The summed E-state index contributed by atoms with van der Waals surface area (Å²) < 4.78 is 145. The van der Waals surface area contributed by atoms with Crippen molar-refractivity contribution in [1.82, 2.24) is 15.1 Å². The van der Waals surface area contributed by atoms with Crippen LogP contribution in [0.5, 0.6) is 0 Å². The molecule has 1 saturated carbocycles. The van der Waals surface area contributed by atoms with Crippen molar-refractivity contribution in [3.8, 4) is 0 Å². The SMILES string of the molecule is Cn1nc(C(F)(F)C(F)(F)F)c(C(F)(F)F)c1C(=O)Nc1ccc(Cl)c(C(=O)NC2CCC(C(F)(F)F)CC2)c1. The number of carbonyl (C=O) groups is 2. The standard InChI is InChI=1S/C22H18ClF11N4O2/c1-38-15(14(21(29,30)31)16(37-38)19(24,25)22(32,33)34)18(40)36-11-6-7-13(23)12(8-11)17(39)35-10-4-2-9(3-5-10)20(26,27)28/h6-10H,2-5H2,1H3,(H,35,39)(H,36,40). The predicted octanol–water partition coefficient (Wildman–Crippen LogP) is 6.85. The number of alkyl halides is 11. The summed E-state index contributed by atoms with van der Waals surface area (Å²) in [6, 6.07) is 2.26. The van der Waals surface area contributed by atoms with Crippen LogP contribution in [-0.4, -0.2) is 40.0 Å². The van der Waals surface area contributed by atoms with E-state index in [0.29, 0.717) is 7.05 Å². The average molecular weight is 615 g/mol. The first-order chi connectivity index (χ1) is 18.1. The molecule has 0 atom stereocenters. The van der Waals surface area contributed by atoms with Gasteiger partial charge in [0.05, 0.1) is 16.5 Å². The molecule has 1 aliphatic carbocycles. The van der Waals surface area contributed by atoms with Crippen molar-refractivity contribution < 1.29 is 57.9 Å². The predicted molar refractivity (Wildman–Crippen MR) is 117 cm³/mol. The topological polar surface area (TPSA) is 76.0 Å². The highest BCUT2D eigenvalue weighted by Crippen LogP contribution is 2.48. The Morgan fingerprint density at radius 1 is 0.925 bits per heavy atom. The van der Waals surface area contributed by atoms with E-state index in [0.717, 1.165) is 18.2 Å². The Balaban J connectivity index is 1.86. The van der Waals surface area contributed by atoms with E-state index in [9.17, 15) is 57.9 Å². The van der Waals surface area contributed by atoms with Gasteiger partial charge < -0.3 is 10.6 Å². The van der Waals surface area contributed by atoms with E-state index in [1.54, 1.807) is 0 Å². The van der Waals surface area contributed by atoms with Crippen LogP contribution >= 0.6 is 11.6 Å². The second-order valence-electron chi connectivity index (χ2n) is 8.98. The summed E-state index contributed by atoms with van der Waals surface area (Å²) in [5.41, 5.74) is -7.76. The molecular weight excluding hydrogens is 597 g/mol. The Kier molecular flexibility index (Phi) is 8.41. The van der Waals surface area contributed by atoms with Crippen LogP contribution in [0.1, 0.15) is 57.8 Å². The van der Waals surface area contributed by atoms with E-state index < -0.39 is 70.9 Å². The molecule has 1 fully saturated rings. The molecule has 2 amide bonds. The highest BCUT2D eigenvalue weighted by atomic mass is 35.5. The second-order valence-corrected chi connectivity index (χ2v) is 9.39. The van der Waals surface area contributed by atoms with Crippen LogP contribution in [-0.2, 0) is 19.1 Å². The van der Waals surface area contributed by atoms with Crippen molar-refractivity contribution in [1.29, 1.82) is 0 Å². The molecule has 0 spiro atoms. The number of nitrogens with one attached hydrogen (secondary N) is 2. The normalized spacial score (nSPS) is 18.9. The van der Waals surface area contributed by atoms with Crippen LogP contribution in [0.2, 0.25) is 5.02 Å². The summed E-state index contributed by atoms with van der Waals surface area (Å²) in [4.78, 5) is 25.3. The minimum Gasteiger partial charge on any atom is -0.349 e. The molecule has 1 aromatic carbocycles. The molecule has 0 unspecified atom stereocenters. The van der Waals surface area contributed by atoms with Gasteiger partial charge in [-0.15, -0.1) is 0 Å². The zero-order chi connectivity index (χ0) is 30.4. The third kappa shape index (κ3) is 6.44. The van der Waals surface area contributed by atoms with Gasteiger partial charge in [0, 0.05) is 18.8 Å². The third-order valence-corrected chi connectivity index (χ3v) is 6.52. The maximum absolute atomic E-state index is 13.8. The van der Waals surface area contributed by atoms with Crippen LogP contribution in [0.15, 0.2) is 18.2 Å². The third-order valence-electron chi connectivity index (χ3n) is 6.19. The molecule has 0 saturated heterocycles. The van der Waals surface area contributed by atoms with E-state index in [4.69, 9.17) is 11.6 Å². The quantitative estimate of drug-likeness (QED) is 0.362. The first kappa shape index (κ1) is 31.4. The lowest BCUT2D eigenvalue weighted by Gasteiger charge is -2.30. The zero-order valence-electron chi connectivity index (χ0n) is 20.0. The van der Waals surface area contributed by atoms with Crippen molar-refractivity contribution in [2.75, 3.05) is 5.32 Å². The Labute approximate surface area is 222 Å². The smallest absolute Gasteiger partial charge is 0.349 e. The maximum atomic E-state index is 13.8. The van der Waals surface area contributed by atoms with Gasteiger partial charge in [-0.1, -0.05) is 11.6 Å². The van der Waals surface area contributed by atoms with Gasteiger partial charge >= 0.3 is 24.5 Å². The van der Waals surface area contributed by atoms with Gasteiger partial charge in [-0.3, -0.25) is 14.3 Å². The van der Waals surface area contributed by atoms with Crippen molar-refractivity contribution >= 4 is 29.1 Å². The molecule has 1 aromatic heterocycles. The molecule has 0 bridgehead atoms. The fourth-order valence-corrected chi connectivity index (χ4v) is 4.41. The van der Waals surface area contributed by atoms with Crippen molar-refractivity contribution in [2.45, 2.75) is 56.2 Å². The maximum Gasteiger partial charge on any atom is 0.459 e. The first-order valence-electron chi connectivity index (χ1n) is 11.2. The van der Waals surface area contributed by atoms with Gasteiger partial charge in [0.1, 0.15) is 11.3 Å². The van der Waals surface area contributed by atoms with Gasteiger partial charge in [-0.25, -0.2) is 0 Å². The van der Waals surface area contributed by atoms with Gasteiger partial charge in [0.15, 0.2) is 5.69 Å². The van der Waals surface area contributed by atoms with Crippen molar-refractivity contribution in [3.63, 3.8) is 0 Å². The summed E-state index contributed by atoms with van der Waals surface area (Å²) in [5.74, 6) is -10.3. The number of aromatic nitrogens is 2. The number of benzene rings is 1. The van der Waals surface area contributed by atoms with E-state index >= 15 is 0 Å². The van der Waals surface area contributed by atoms with E-state index in [2.05, 4.69) is 10.4 Å². The molecule has 2 N–H and O–H groups in total. The van der Waals surface area contributed by atoms with Gasteiger partial charge in [-0.2, -0.15) is 53.4 Å². The lowest BCUT2D eigenvalue weighted by Crippen LogP contribution is -2.40.